The Balaban J connectivity index is 1.66. The summed E-state index contributed by atoms with van der Waals surface area (Å²) < 4.78 is 0. The van der Waals surface area contributed by atoms with Crippen LogP contribution in [0, 0.1) is 6.92 Å². The van der Waals surface area contributed by atoms with Gasteiger partial charge in [0, 0.05) is 17.5 Å². The second kappa shape index (κ2) is 7.51. The average molecular weight is 324 g/mol. The molecule has 23 heavy (non-hydrogen) atoms. The van der Waals surface area contributed by atoms with Crippen molar-refractivity contribution in [3.05, 3.63) is 76.8 Å². The number of thiazole rings is 1. The molecule has 4 heteroatoms. The van der Waals surface area contributed by atoms with E-state index in [0.717, 1.165) is 21.8 Å². The van der Waals surface area contributed by atoms with Gasteiger partial charge in [-0.25, -0.2) is 4.98 Å². The van der Waals surface area contributed by atoms with Gasteiger partial charge in [-0.1, -0.05) is 60.2 Å². The summed E-state index contributed by atoms with van der Waals surface area (Å²) in [5, 5.41) is 16.1. The summed E-state index contributed by atoms with van der Waals surface area (Å²) in [6.45, 7) is 2.79. The van der Waals surface area contributed by atoms with Crippen molar-refractivity contribution in [3.63, 3.8) is 0 Å². The van der Waals surface area contributed by atoms with Crippen LogP contribution in [-0.4, -0.2) is 16.7 Å². The Labute approximate surface area is 140 Å². The highest BCUT2D eigenvalue weighted by atomic mass is 32.1. The third kappa shape index (κ3) is 4.05. The molecule has 1 unspecified atom stereocenters. The van der Waals surface area contributed by atoms with Gasteiger partial charge in [-0.15, -0.1) is 11.3 Å². The fourth-order valence-corrected chi connectivity index (χ4v) is 3.24. The van der Waals surface area contributed by atoms with Gasteiger partial charge >= 0.3 is 0 Å². The molecule has 0 spiro atoms. The number of benzene rings is 2. The van der Waals surface area contributed by atoms with Crippen LogP contribution in [0.4, 0.5) is 0 Å². The second-order valence-corrected chi connectivity index (χ2v) is 6.39. The van der Waals surface area contributed by atoms with E-state index in [2.05, 4.69) is 46.9 Å². The van der Waals surface area contributed by atoms with E-state index in [1.807, 2.05) is 30.3 Å². The number of aromatic nitrogens is 1. The van der Waals surface area contributed by atoms with Crippen molar-refractivity contribution < 1.29 is 5.11 Å². The third-order valence-electron chi connectivity index (χ3n) is 3.76. The first-order valence-electron chi connectivity index (χ1n) is 7.67. The summed E-state index contributed by atoms with van der Waals surface area (Å²) in [5.74, 6) is 0. The van der Waals surface area contributed by atoms with Crippen LogP contribution < -0.4 is 5.32 Å². The Hall–Kier alpha value is -2.01. The lowest BCUT2D eigenvalue weighted by Gasteiger charge is -2.15. The molecular formula is C19H20N2OS. The second-order valence-electron chi connectivity index (χ2n) is 5.54. The fourth-order valence-electron chi connectivity index (χ4n) is 2.42. The Morgan fingerprint density at radius 3 is 2.52 bits per heavy atom. The fraction of sp³-hybridized carbons (Fsp3) is 0.211. The zero-order valence-electron chi connectivity index (χ0n) is 13.1. The number of nitrogens with zero attached hydrogens (tertiary/aromatic N) is 1. The van der Waals surface area contributed by atoms with Gasteiger partial charge in [0.25, 0.3) is 0 Å². The molecule has 1 heterocycles. The van der Waals surface area contributed by atoms with Crippen LogP contribution >= 0.6 is 11.3 Å². The minimum absolute atomic E-state index is 0.0684. The molecule has 0 bridgehead atoms. The van der Waals surface area contributed by atoms with Gasteiger partial charge in [0.2, 0.25) is 0 Å². The Kier molecular flexibility index (Phi) is 5.18. The summed E-state index contributed by atoms with van der Waals surface area (Å²) in [6.07, 6.45) is 0. The van der Waals surface area contributed by atoms with E-state index < -0.39 is 0 Å². The van der Waals surface area contributed by atoms with Crippen LogP contribution in [0.1, 0.15) is 22.9 Å². The molecule has 0 aliphatic heterocycles. The van der Waals surface area contributed by atoms with Crippen LogP contribution in [0.3, 0.4) is 0 Å². The monoisotopic (exact) mass is 324 g/mol. The van der Waals surface area contributed by atoms with Gasteiger partial charge in [0.15, 0.2) is 0 Å². The van der Waals surface area contributed by atoms with Crippen LogP contribution in [0.2, 0.25) is 0 Å². The minimum Gasteiger partial charge on any atom is -0.394 e. The summed E-state index contributed by atoms with van der Waals surface area (Å²) in [7, 11) is 0. The number of nitrogens with one attached hydrogen (secondary N) is 1. The molecule has 2 N–H and O–H groups in total. The normalized spacial score (nSPS) is 12.3. The van der Waals surface area contributed by atoms with Crippen LogP contribution in [0.25, 0.3) is 10.6 Å². The van der Waals surface area contributed by atoms with Crippen molar-refractivity contribution in [1.29, 1.82) is 0 Å². The number of aliphatic hydroxyl groups excluding tert-OH is 1. The van der Waals surface area contributed by atoms with Crippen molar-refractivity contribution in [2.75, 3.05) is 6.61 Å². The molecule has 3 aromatic rings. The van der Waals surface area contributed by atoms with Crippen molar-refractivity contribution in [2.45, 2.75) is 19.5 Å². The van der Waals surface area contributed by atoms with Gasteiger partial charge in [-0.3, -0.25) is 0 Å². The quantitative estimate of drug-likeness (QED) is 0.722. The lowest BCUT2D eigenvalue weighted by atomic mass is 10.1. The molecule has 3 nitrogen and oxygen atoms in total. The molecule has 3 rings (SSSR count). The van der Waals surface area contributed by atoms with E-state index in [1.165, 1.54) is 5.56 Å². The van der Waals surface area contributed by atoms with E-state index >= 15 is 0 Å². The predicted molar refractivity (Wildman–Crippen MR) is 95.4 cm³/mol. The van der Waals surface area contributed by atoms with E-state index in [4.69, 9.17) is 0 Å². The first-order valence-corrected chi connectivity index (χ1v) is 8.55. The topological polar surface area (TPSA) is 45.2 Å². The third-order valence-corrected chi connectivity index (χ3v) is 4.70. The van der Waals surface area contributed by atoms with Crippen LogP contribution in [0.5, 0.6) is 0 Å². The van der Waals surface area contributed by atoms with Crippen molar-refractivity contribution in [2.24, 2.45) is 0 Å². The Morgan fingerprint density at radius 2 is 1.83 bits per heavy atom. The van der Waals surface area contributed by atoms with Gasteiger partial charge in [-0.2, -0.15) is 0 Å². The Bertz CT molecular complexity index is 738. The molecule has 1 atom stereocenters. The van der Waals surface area contributed by atoms with E-state index in [-0.39, 0.29) is 12.6 Å². The smallest absolute Gasteiger partial charge is 0.123 e. The van der Waals surface area contributed by atoms with E-state index in [9.17, 15) is 5.11 Å². The average Bonchev–Trinajstić information content (AvgIpc) is 3.06. The summed E-state index contributed by atoms with van der Waals surface area (Å²) in [6, 6.07) is 18.3. The number of rotatable bonds is 6. The maximum atomic E-state index is 9.59. The van der Waals surface area contributed by atoms with Gasteiger partial charge in [0.05, 0.1) is 18.3 Å². The lowest BCUT2D eigenvalue weighted by Crippen LogP contribution is -2.24. The molecule has 118 valence electrons. The number of hydrogen-bond acceptors (Lipinski definition) is 4. The lowest BCUT2D eigenvalue weighted by molar-refractivity contribution is 0.243. The molecule has 0 amide bonds. The largest absolute Gasteiger partial charge is 0.394 e. The zero-order valence-corrected chi connectivity index (χ0v) is 13.9. The molecule has 0 saturated carbocycles. The predicted octanol–water partition coefficient (Wildman–Crippen LogP) is 3.94. The van der Waals surface area contributed by atoms with Gasteiger partial charge in [0.1, 0.15) is 5.01 Å². The Morgan fingerprint density at radius 1 is 1.09 bits per heavy atom. The molecule has 1 aromatic heterocycles. The van der Waals surface area contributed by atoms with Crippen molar-refractivity contribution in [3.8, 4) is 10.6 Å². The molecule has 0 fully saturated rings. The standard InChI is InChI=1S/C19H20N2OS/c1-14-7-9-16(10-8-14)19-21-17(13-23-19)11-20-18(12-22)15-5-3-2-4-6-15/h2-10,13,18,20,22H,11-12H2,1H3. The number of aliphatic hydroxyl groups is 1. The van der Waals surface area contributed by atoms with E-state index in [1.54, 1.807) is 11.3 Å². The number of aryl methyl sites for hydroxylation is 1. The van der Waals surface area contributed by atoms with Gasteiger partial charge in [-0.05, 0) is 12.5 Å². The molecule has 0 aliphatic carbocycles. The van der Waals surface area contributed by atoms with E-state index in [0.29, 0.717) is 6.54 Å². The highest BCUT2D eigenvalue weighted by molar-refractivity contribution is 7.13. The maximum absolute atomic E-state index is 9.59. The van der Waals surface area contributed by atoms with Crippen molar-refractivity contribution in [1.82, 2.24) is 10.3 Å². The summed E-state index contributed by atoms with van der Waals surface area (Å²) in [4.78, 5) is 4.68. The zero-order chi connectivity index (χ0) is 16.1. The first kappa shape index (κ1) is 15.9. The summed E-state index contributed by atoms with van der Waals surface area (Å²) in [5.41, 5.74) is 4.48. The van der Waals surface area contributed by atoms with Gasteiger partial charge < -0.3 is 10.4 Å². The highest BCUT2D eigenvalue weighted by Gasteiger charge is 2.11. The van der Waals surface area contributed by atoms with Crippen LogP contribution in [0.15, 0.2) is 60.0 Å². The number of hydrogen-bond donors (Lipinski definition) is 2. The molecule has 0 saturated heterocycles. The molecule has 0 aliphatic rings. The summed E-state index contributed by atoms with van der Waals surface area (Å²) >= 11 is 1.65. The minimum atomic E-state index is -0.0688. The first-order chi connectivity index (χ1) is 11.3. The highest BCUT2D eigenvalue weighted by Crippen LogP contribution is 2.24. The maximum Gasteiger partial charge on any atom is 0.123 e. The van der Waals surface area contributed by atoms with Crippen LogP contribution in [-0.2, 0) is 6.54 Å². The molecule has 2 aromatic carbocycles. The molecular weight excluding hydrogens is 304 g/mol. The SMILES string of the molecule is Cc1ccc(-c2nc(CNC(CO)c3ccccc3)cs2)cc1. The molecule has 0 radical (unpaired) electrons. The van der Waals surface area contributed by atoms with Crippen molar-refractivity contribution >= 4 is 11.3 Å².